The third kappa shape index (κ3) is 2.12. The first-order valence-electron chi connectivity index (χ1n) is 6.58. The number of amides is 4. The maximum Gasteiger partial charge on any atom is 0.344 e. The summed E-state index contributed by atoms with van der Waals surface area (Å²) < 4.78 is 4.80. The lowest BCUT2D eigenvalue weighted by molar-refractivity contribution is -0.132. The highest BCUT2D eigenvalue weighted by Crippen LogP contribution is 2.27. The predicted molar refractivity (Wildman–Crippen MR) is 75.3 cm³/mol. The van der Waals surface area contributed by atoms with Crippen molar-refractivity contribution in [3.8, 4) is 0 Å². The molecule has 22 heavy (non-hydrogen) atoms. The molecule has 0 bridgehead atoms. The van der Waals surface area contributed by atoms with E-state index in [0.29, 0.717) is 10.6 Å². The normalized spacial score (nSPS) is 20.9. The number of imide groups is 1. The number of furan rings is 1. The van der Waals surface area contributed by atoms with Gasteiger partial charge in [0, 0.05) is 0 Å². The zero-order valence-electron chi connectivity index (χ0n) is 11.7. The van der Waals surface area contributed by atoms with Crippen molar-refractivity contribution in [3.05, 3.63) is 60.1 Å². The fourth-order valence-corrected chi connectivity index (χ4v) is 2.27. The Hall–Kier alpha value is -3.09. The number of hydrogen-bond donors (Lipinski definition) is 2. The van der Waals surface area contributed by atoms with E-state index in [1.165, 1.54) is 18.6 Å². The van der Waals surface area contributed by atoms with Gasteiger partial charge < -0.3 is 9.73 Å². The van der Waals surface area contributed by atoms with Crippen LogP contribution in [0.25, 0.3) is 0 Å². The van der Waals surface area contributed by atoms with Crippen LogP contribution >= 0.6 is 0 Å². The highest BCUT2D eigenvalue weighted by Gasteiger charge is 2.50. The minimum Gasteiger partial charge on any atom is -0.472 e. The van der Waals surface area contributed by atoms with E-state index >= 15 is 0 Å². The van der Waals surface area contributed by atoms with Gasteiger partial charge in [-0.25, -0.2) is 4.79 Å². The van der Waals surface area contributed by atoms with Gasteiger partial charge in [0.25, 0.3) is 11.8 Å². The van der Waals surface area contributed by atoms with Crippen molar-refractivity contribution in [2.24, 2.45) is 0 Å². The second-order valence-corrected chi connectivity index (χ2v) is 5.01. The molecule has 0 aliphatic carbocycles. The smallest absolute Gasteiger partial charge is 0.344 e. The topological polar surface area (TPSA) is 91.7 Å². The highest BCUT2D eigenvalue weighted by atomic mass is 16.3. The lowest BCUT2D eigenvalue weighted by Crippen LogP contribution is -2.47. The van der Waals surface area contributed by atoms with E-state index in [9.17, 15) is 14.4 Å². The molecule has 1 aromatic carbocycles. The van der Waals surface area contributed by atoms with Gasteiger partial charge >= 0.3 is 6.03 Å². The molecule has 7 heteroatoms. The minimum atomic E-state index is -1.22. The average molecular weight is 299 g/mol. The molecule has 1 fully saturated rings. The summed E-state index contributed by atoms with van der Waals surface area (Å²) in [5.41, 5.74) is 1.91. The number of benzene rings is 1. The maximum atomic E-state index is 12.5. The Morgan fingerprint density at radius 2 is 1.95 bits per heavy atom. The zero-order valence-corrected chi connectivity index (χ0v) is 11.7. The number of nitrogens with one attached hydrogen (secondary N) is 2. The molecule has 0 radical (unpaired) electrons. The Balaban J connectivity index is 1.84. The second-order valence-electron chi connectivity index (χ2n) is 5.01. The van der Waals surface area contributed by atoms with Crippen LogP contribution in [0.2, 0.25) is 0 Å². The molecule has 0 saturated carbocycles. The minimum absolute atomic E-state index is 0.217. The fourth-order valence-electron chi connectivity index (χ4n) is 2.27. The van der Waals surface area contributed by atoms with Crippen LogP contribution in [0.4, 0.5) is 4.79 Å². The van der Waals surface area contributed by atoms with Crippen LogP contribution in [0, 0.1) is 0 Å². The SMILES string of the molecule is CC1(c2ccccc2)NC(=O)N(NC(=O)c2ccoc2)C1=O. The molecule has 1 aliphatic heterocycles. The van der Waals surface area contributed by atoms with Crippen LogP contribution in [-0.4, -0.2) is 22.9 Å². The zero-order chi connectivity index (χ0) is 15.7. The lowest BCUT2D eigenvalue weighted by Gasteiger charge is -2.21. The van der Waals surface area contributed by atoms with Gasteiger partial charge in [0.05, 0.1) is 11.8 Å². The standard InChI is InChI=1S/C15H13N3O4/c1-15(11-5-3-2-4-6-11)13(20)18(14(21)16-15)17-12(19)10-7-8-22-9-10/h2-9H,1H3,(H,16,21)(H,17,19). The molecule has 1 atom stereocenters. The number of carbonyl (C=O) groups is 3. The van der Waals surface area contributed by atoms with Gasteiger partial charge in [-0.2, -0.15) is 5.01 Å². The van der Waals surface area contributed by atoms with E-state index in [1.54, 1.807) is 31.2 Å². The average Bonchev–Trinajstić information content (AvgIpc) is 3.12. The van der Waals surface area contributed by atoms with Crippen LogP contribution < -0.4 is 10.7 Å². The molecule has 0 spiro atoms. The van der Waals surface area contributed by atoms with Crippen LogP contribution in [-0.2, 0) is 10.3 Å². The Bertz CT molecular complexity index is 727. The van der Waals surface area contributed by atoms with E-state index in [0.717, 1.165) is 0 Å². The molecule has 7 nitrogen and oxygen atoms in total. The summed E-state index contributed by atoms with van der Waals surface area (Å²) in [4.78, 5) is 36.5. The number of urea groups is 1. The maximum absolute atomic E-state index is 12.5. The number of hydrogen-bond acceptors (Lipinski definition) is 4. The van der Waals surface area contributed by atoms with E-state index in [1.807, 2.05) is 6.07 Å². The molecule has 1 aromatic heterocycles. The molecular formula is C15H13N3O4. The second kappa shape index (κ2) is 5.03. The van der Waals surface area contributed by atoms with Crippen molar-refractivity contribution in [1.82, 2.24) is 15.8 Å². The molecule has 4 amide bonds. The largest absolute Gasteiger partial charge is 0.472 e. The van der Waals surface area contributed by atoms with Gasteiger partial charge in [0.15, 0.2) is 0 Å². The summed E-state index contributed by atoms with van der Waals surface area (Å²) in [6, 6.07) is 9.57. The van der Waals surface area contributed by atoms with Crippen molar-refractivity contribution >= 4 is 17.8 Å². The summed E-state index contributed by atoms with van der Waals surface area (Å²) in [5, 5.41) is 3.28. The first-order chi connectivity index (χ1) is 10.5. The van der Waals surface area contributed by atoms with E-state index in [-0.39, 0.29) is 5.56 Å². The van der Waals surface area contributed by atoms with Crippen LogP contribution in [0.15, 0.2) is 53.3 Å². The number of hydrazine groups is 1. The van der Waals surface area contributed by atoms with Gasteiger partial charge in [-0.3, -0.25) is 15.0 Å². The number of nitrogens with zero attached hydrogens (tertiary/aromatic N) is 1. The molecule has 112 valence electrons. The number of rotatable bonds is 3. The van der Waals surface area contributed by atoms with Crippen LogP contribution in [0.5, 0.6) is 0 Å². The predicted octanol–water partition coefficient (Wildman–Crippen LogP) is 1.39. The Kier molecular flexibility index (Phi) is 3.17. The van der Waals surface area contributed by atoms with Gasteiger partial charge in [-0.15, -0.1) is 0 Å². The molecule has 2 aromatic rings. The van der Waals surface area contributed by atoms with Gasteiger partial charge in [0.2, 0.25) is 0 Å². The van der Waals surface area contributed by atoms with Crippen molar-refractivity contribution in [2.75, 3.05) is 0 Å². The van der Waals surface area contributed by atoms with Crippen molar-refractivity contribution < 1.29 is 18.8 Å². The summed E-state index contributed by atoms with van der Waals surface area (Å²) >= 11 is 0. The Morgan fingerprint density at radius 1 is 1.23 bits per heavy atom. The summed E-state index contributed by atoms with van der Waals surface area (Å²) in [7, 11) is 0. The Morgan fingerprint density at radius 3 is 2.59 bits per heavy atom. The molecule has 1 unspecified atom stereocenters. The first kappa shape index (κ1) is 13.9. The summed E-state index contributed by atoms with van der Waals surface area (Å²) in [5.74, 6) is -1.16. The van der Waals surface area contributed by atoms with E-state index in [2.05, 4.69) is 10.7 Å². The van der Waals surface area contributed by atoms with Gasteiger partial charge in [-0.1, -0.05) is 30.3 Å². The van der Waals surface area contributed by atoms with E-state index < -0.39 is 23.4 Å². The molecule has 1 saturated heterocycles. The van der Waals surface area contributed by atoms with Crippen LogP contribution in [0.3, 0.4) is 0 Å². The van der Waals surface area contributed by atoms with E-state index in [4.69, 9.17) is 4.42 Å². The summed E-state index contributed by atoms with van der Waals surface area (Å²) in [6.45, 7) is 1.59. The third-order valence-electron chi connectivity index (χ3n) is 3.54. The van der Waals surface area contributed by atoms with Gasteiger partial charge in [-0.05, 0) is 18.6 Å². The molecule has 2 heterocycles. The molecular weight excluding hydrogens is 286 g/mol. The molecule has 2 N–H and O–H groups in total. The van der Waals surface area contributed by atoms with Crippen molar-refractivity contribution in [1.29, 1.82) is 0 Å². The van der Waals surface area contributed by atoms with Gasteiger partial charge in [0.1, 0.15) is 11.8 Å². The monoisotopic (exact) mass is 299 g/mol. The summed E-state index contributed by atoms with van der Waals surface area (Å²) in [6.07, 6.45) is 2.55. The number of carbonyl (C=O) groups excluding carboxylic acids is 3. The third-order valence-corrected chi connectivity index (χ3v) is 3.54. The molecule has 3 rings (SSSR count). The van der Waals surface area contributed by atoms with Crippen molar-refractivity contribution in [3.63, 3.8) is 0 Å². The quantitative estimate of drug-likeness (QED) is 0.838. The van der Waals surface area contributed by atoms with Crippen LogP contribution in [0.1, 0.15) is 22.8 Å². The first-order valence-corrected chi connectivity index (χ1v) is 6.58. The van der Waals surface area contributed by atoms with Crippen molar-refractivity contribution in [2.45, 2.75) is 12.5 Å². The fraction of sp³-hybridized carbons (Fsp3) is 0.133. The molecule has 1 aliphatic rings. The lowest BCUT2D eigenvalue weighted by atomic mass is 9.92. The highest BCUT2D eigenvalue weighted by molar-refractivity contribution is 6.09. The Labute approximate surface area is 125 Å².